The van der Waals surface area contributed by atoms with E-state index in [4.69, 9.17) is 9.47 Å². The van der Waals surface area contributed by atoms with Crippen molar-refractivity contribution >= 4 is 29.0 Å². The molecule has 3 rings (SSSR count). The van der Waals surface area contributed by atoms with Gasteiger partial charge in [-0.15, -0.1) is 0 Å². The van der Waals surface area contributed by atoms with Crippen molar-refractivity contribution in [3.63, 3.8) is 0 Å². The number of esters is 2. The maximum absolute atomic E-state index is 13.1. The molecule has 0 saturated heterocycles. The van der Waals surface area contributed by atoms with Gasteiger partial charge in [0.25, 0.3) is 5.56 Å². The van der Waals surface area contributed by atoms with Crippen LogP contribution in [-0.4, -0.2) is 54.5 Å². The molecule has 1 aromatic carbocycles. The minimum atomic E-state index is -0.465. The minimum Gasteiger partial charge on any atom is -0.422 e. The molecule has 0 radical (unpaired) electrons. The zero-order valence-corrected chi connectivity index (χ0v) is 25.0. The molecule has 0 aliphatic heterocycles. The lowest BCUT2D eigenvalue weighted by Gasteiger charge is -2.25. The van der Waals surface area contributed by atoms with Crippen molar-refractivity contribution < 1.29 is 23.9 Å². The minimum absolute atomic E-state index is 0.0661. The van der Waals surface area contributed by atoms with E-state index in [0.717, 1.165) is 10.1 Å². The Labute approximate surface area is 238 Å². The summed E-state index contributed by atoms with van der Waals surface area (Å²) < 4.78 is 15.0. The lowest BCUT2D eigenvalue weighted by Crippen LogP contribution is -2.39. The summed E-state index contributed by atoms with van der Waals surface area (Å²) in [4.78, 5) is 68.6. The first-order valence-corrected chi connectivity index (χ1v) is 13.7. The third-order valence-corrected chi connectivity index (χ3v) is 6.68. The Morgan fingerprint density at radius 1 is 0.854 bits per heavy atom. The topological polar surface area (TPSA) is 135 Å². The van der Waals surface area contributed by atoms with E-state index < -0.39 is 23.2 Å². The number of fused-ring (bicyclic) bond motifs is 1. The molecular formula is C29H39N5O7. The SMILES string of the molecule is CC(C)C(=O)Oc1ccc(CCN(CCn2cnc3c2c(=O)n(C)c(=O)n3C)C(=O)C(C)C)cc1OC(=O)C(C)C. The molecule has 0 atom stereocenters. The zero-order valence-electron chi connectivity index (χ0n) is 25.0. The van der Waals surface area contributed by atoms with Crippen LogP contribution in [0.2, 0.25) is 0 Å². The van der Waals surface area contributed by atoms with Gasteiger partial charge in [-0.3, -0.25) is 28.3 Å². The molecule has 12 heteroatoms. The highest BCUT2D eigenvalue weighted by Crippen LogP contribution is 2.30. The van der Waals surface area contributed by atoms with E-state index in [1.165, 1.54) is 17.9 Å². The fourth-order valence-electron chi connectivity index (χ4n) is 4.08. The molecule has 0 N–H and O–H groups in total. The molecule has 0 spiro atoms. The normalized spacial score (nSPS) is 11.5. The molecule has 2 aromatic heterocycles. The predicted octanol–water partition coefficient (Wildman–Crippen LogP) is 2.28. The van der Waals surface area contributed by atoms with E-state index in [9.17, 15) is 24.0 Å². The summed E-state index contributed by atoms with van der Waals surface area (Å²) >= 11 is 0. The van der Waals surface area contributed by atoms with Gasteiger partial charge >= 0.3 is 17.6 Å². The van der Waals surface area contributed by atoms with E-state index in [2.05, 4.69) is 4.98 Å². The first-order chi connectivity index (χ1) is 19.2. The molecule has 41 heavy (non-hydrogen) atoms. The van der Waals surface area contributed by atoms with Crippen molar-refractivity contribution in [2.75, 3.05) is 13.1 Å². The number of imidazole rings is 1. The van der Waals surface area contributed by atoms with Crippen molar-refractivity contribution in [1.29, 1.82) is 0 Å². The Hall–Kier alpha value is -4.22. The molecule has 2 heterocycles. The number of nitrogens with zero attached hydrogens (tertiary/aromatic N) is 5. The van der Waals surface area contributed by atoms with Crippen LogP contribution >= 0.6 is 0 Å². The van der Waals surface area contributed by atoms with Crippen LogP contribution in [0.25, 0.3) is 11.2 Å². The quantitative estimate of drug-likeness (QED) is 0.254. The second kappa shape index (κ2) is 13.0. The van der Waals surface area contributed by atoms with Gasteiger partial charge in [-0.2, -0.15) is 0 Å². The fraction of sp³-hybridized carbons (Fsp3) is 0.517. The van der Waals surface area contributed by atoms with E-state index in [-0.39, 0.29) is 46.3 Å². The highest BCUT2D eigenvalue weighted by molar-refractivity contribution is 5.79. The Morgan fingerprint density at radius 3 is 2.05 bits per heavy atom. The lowest BCUT2D eigenvalue weighted by atomic mass is 10.1. The largest absolute Gasteiger partial charge is 0.422 e. The van der Waals surface area contributed by atoms with Crippen molar-refractivity contribution in [3.8, 4) is 11.5 Å². The fourth-order valence-corrected chi connectivity index (χ4v) is 4.08. The summed E-state index contributed by atoms with van der Waals surface area (Å²) in [7, 11) is 2.97. The summed E-state index contributed by atoms with van der Waals surface area (Å²) in [6.07, 6.45) is 1.93. The van der Waals surface area contributed by atoms with Gasteiger partial charge in [-0.1, -0.05) is 47.6 Å². The van der Waals surface area contributed by atoms with Gasteiger partial charge in [0.1, 0.15) is 0 Å². The number of hydrogen-bond donors (Lipinski definition) is 0. The van der Waals surface area contributed by atoms with Crippen LogP contribution in [0.1, 0.15) is 47.1 Å². The number of aromatic nitrogens is 4. The Kier molecular flexibility index (Phi) is 9.90. The zero-order chi connectivity index (χ0) is 30.6. The van der Waals surface area contributed by atoms with Gasteiger partial charge in [0.05, 0.1) is 18.2 Å². The van der Waals surface area contributed by atoms with Crippen LogP contribution in [0.4, 0.5) is 0 Å². The highest BCUT2D eigenvalue weighted by atomic mass is 16.6. The van der Waals surface area contributed by atoms with E-state index in [1.54, 1.807) is 62.4 Å². The molecule has 0 aliphatic carbocycles. The molecule has 12 nitrogen and oxygen atoms in total. The van der Waals surface area contributed by atoms with Gasteiger partial charge in [0.2, 0.25) is 5.91 Å². The molecule has 3 aromatic rings. The molecular weight excluding hydrogens is 530 g/mol. The first-order valence-electron chi connectivity index (χ1n) is 13.7. The second-order valence-electron chi connectivity index (χ2n) is 11.0. The summed E-state index contributed by atoms with van der Waals surface area (Å²) in [5, 5.41) is 0. The number of carbonyl (C=O) groups is 3. The van der Waals surface area contributed by atoms with Gasteiger partial charge in [0, 0.05) is 39.6 Å². The number of aryl methyl sites for hydroxylation is 1. The van der Waals surface area contributed by atoms with Crippen molar-refractivity contribution in [1.82, 2.24) is 23.6 Å². The van der Waals surface area contributed by atoms with Crippen molar-refractivity contribution in [2.24, 2.45) is 31.8 Å². The van der Waals surface area contributed by atoms with Crippen molar-refractivity contribution in [3.05, 3.63) is 50.9 Å². The molecule has 0 bridgehead atoms. The Morgan fingerprint density at radius 2 is 1.46 bits per heavy atom. The molecule has 1 amide bonds. The van der Waals surface area contributed by atoms with Crippen LogP contribution in [0.15, 0.2) is 34.1 Å². The summed E-state index contributed by atoms with van der Waals surface area (Å²) in [5.74, 6) is -1.69. The van der Waals surface area contributed by atoms with E-state index in [1.807, 2.05) is 13.8 Å². The predicted molar refractivity (Wildman–Crippen MR) is 153 cm³/mol. The number of benzene rings is 1. The summed E-state index contributed by atoms with van der Waals surface area (Å²) in [6, 6.07) is 5.00. The number of carbonyl (C=O) groups excluding carboxylic acids is 3. The Bertz CT molecular complexity index is 1560. The van der Waals surface area contributed by atoms with Gasteiger partial charge in [0.15, 0.2) is 22.7 Å². The van der Waals surface area contributed by atoms with Crippen LogP contribution in [0.5, 0.6) is 11.5 Å². The molecule has 0 saturated carbocycles. The van der Waals surface area contributed by atoms with Crippen LogP contribution < -0.4 is 20.7 Å². The van der Waals surface area contributed by atoms with Gasteiger partial charge < -0.3 is 18.9 Å². The average molecular weight is 570 g/mol. The highest BCUT2D eigenvalue weighted by Gasteiger charge is 2.21. The second-order valence-corrected chi connectivity index (χ2v) is 11.0. The smallest absolute Gasteiger partial charge is 0.332 e. The molecule has 0 unspecified atom stereocenters. The van der Waals surface area contributed by atoms with E-state index in [0.29, 0.717) is 26.1 Å². The molecule has 0 aliphatic rings. The lowest BCUT2D eigenvalue weighted by molar-refractivity contribution is -0.140. The van der Waals surface area contributed by atoms with Crippen LogP contribution in [0, 0.1) is 17.8 Å². The number of hydrogen-bond acceptors (Lipinski definition) is 8. The standard InChI is InChI=1S/C29H39N5O7/c1-17(2)25(35)33(13-14-34-16-30-24-23(34)26(36)32(8)29(39)31(24)7)12-11-20-9-10-21(40-27(37)18(3)4)22(15-20)41-28(38)19(5)6/h9-10,15-19H,11-14H2,1-8H3. The first kappa shape index (κ1) is 31.3. The van der Waals surface area contributed by atoms with E-state index >= 15 is 0 Å². The average Bonchev–Trinajstić information content (AvgIpc) is 3.35. The van der Waals surface area contributed by atoms with Gasteiger partial charge in [-0.05, 0) is 24.1 Å². The van der Waals surface area contributed by atoms with Crippen molar-refractivity contribution in [2.45, 2.75) is 54.5 Å². The van der Waals surface area contributed by atoms with Gasteiger partial charge in [-0.25, -0.2) is 9.78 Å². The third-order valence-electron chi connectivity index (χ3n) is 6.68. The number of ether oxygens (including phenoxy) is 2. The third kappa shape index (κ3) is 7.11. The summed E-state index contributed by atoms with van der Waals surface area (Å²) in [5.41, 5.74) is 0.424. The Balaban J connectivity index is 1.84. The number of amides is 1. The molecule has 222 valence electrons. The summed E-state index contributed by atoms with van der Waals surface area (Å²) in [6.45, 7) is 11.4. The van der Waals surface area contributed by atoms with Crippen LogP contribution in [-0.2, 0) is 41.4 Å². The monoisotopic (exact) mass is 569 g/mol. The maximum Gasteiger partial charge on any atom is 0.332 e. The molecule has 0 fully saturated rings. The maximum atomic E-state index is 13.1. The van der Waals surface area contributed by atoms with Crippen LogP contribution in [0.3, 0.4) is 0 Å². The number of rotatable bonds is 11.